The van der Waals surface area contributed by atoms with Gasteiger partial charge in [-0.25, -0.2) is 0 Å². The first-order valence-electron chi connectivity index (χ1n) is 6.54. The Balaban J connectivity index is 4.52. The van der Waals surface area contributed by atoms with Gasteiger partial charge in [-0.1, -0.05) is 33.6 Å². The van der Waals surface area contributed by atoms with Crippen LogP contribution in [0.15, 0.2) is 0 Å². The van der Waals surface area contributed by atoms with Crippen molar-refractivity contribution in [2.45, 2.75) is 39.8 Å². The van der Waals surface area contributed by atoms with Crippen molar-refractivity contribution in [1.82, 2.24) is 16.0 Å². The third-order valence-corrected chi connectivity index (χ3v) is 2.66. The van der Waals surface area contributed by atoms with Crippen LogP contribution in [0.1, 0.15) is 27.7 Å². The average molecular weight is 267 g/mol. The van der Waals surface area contributed by atoms with E-state index in [1.807, 2.05) is 27.7 Å². The zero-order valence-electron chi connectivity index (χ0n) is 12.4. The van der Waals surface area contributed by atoms with Crippen molar-refractivity contribution in [3.63, 3.8) is 0 Å². The van der Waals surface area contributed by atoms with E-state index in [1.165, 1.54) is 0 Å². The molecular weight excluding hydrogens is 242 g/mol. The lowest BCUT2D eigenvalue weighted by atomic mass is 10.0. The van der Waals surface area contributed by atoms with E-state index in [9.17, 15) is 9.59 Å². The minimum Gasteiger partial charge on any atom is -0.353 e. The molecule has 5 heteroatoms. The number of nitrogens with one attached hydrogen (secondary N) is 3. The molecule has 0 aliphatic heterocycles. The Morgan fingerprint density at radius 3 is 2.11 bits per heavy atom. The monoisotopic (exact) mass is 267 g/mol. The molecule has 0 saturated carbocycles. The largest absolute Gasteiger partial charge is 0.353 e. The van der Waals surface area contributed by atoms with E-state index in [0.29, 0.717) is 12.5 Å². The molecule has 108 valence electrons. The molecule has 0 aromatic heterocycles. The zero-order valence-corrected chi connectivity index (χ0v) is 12.4. The molecule has 0 spiro atoms. The average Bonchev–Trinajstić information content (AvgIpc) is 2.33. The summed E-state index contributed by atoms with van der Waals surface area (Å²) >= 11 is 0. The molecule has 0 saturated heterocycles. The van der Waals surface area contributed by atoms with Crippen LogP contribution < -0.4 is 16.0 Å². The lowest BCUT2D eigenvalue weighted by Gasteiger charge is -2.22. The van der Waals surface area contributed by atoms with Crippen LogP contribution in [0, 0.1) is 24.2 Å². The Bertz CT molecular complexity index is 345. The number of terminal acetylenes is 1. The van der Waals surface area contributed by atoms with Crippen LogP contribution in [0.3, 0.4) is 0 Å². The topological polar surface area (TPSA) is 70.2 Å². The van der Waals surface area contributed by atoms with Gasteiger partial charge >= 0.3 is 0 Å². The van der Waals surface area contributed by atoms with Gasteiger partial charge in [-0.15, -0.1) is 6.42 Å². The van der Waals surface area contributed by atoms with Crippen LogP contribution >= 0.6 is 0 Å². The number of carbonyl (C=O) groups excluding carboxylic acids is 2. The number of carbonyl (C=O) groups is 2. The summed E-state index contributed by atoms with van der Waals surface area (Å²) in [5, 5.41) is 8.19. The maximum atomic E-state index is 12.0. The molecule has 0 aliphatic carbocycles. The molecule has 0 radical (unpaired) electrons. The van der Waals surface area contributed by atoms with Crippen molar-refractivity contribution in [3.8, 4) is 12.3 Å². The fourth-order valence-electron chi connectivity index (χ4n) is 1.59. The Morgan fingerprint density at radius 2 is 1.74 bits per heavy atom. The predicted octanol–water partition coefficient (Wildman–Crippen LogP) is 0.121. The molecule has 0 aliphatic rings. The molecule has 3 N–H and O–H groups in total. The molecule has 0 unspecified atom stereocenters. The van der Waals surface area contributed by atoms with E-state index < -0.39 is 6.04 Å². The van der Waals surface area contributed by atoms with Crippen molar-refractivity contribution >= 4 is 11.8 Å². The van der Waals surface area contributed by atoms with E-state index in [-0.39, 0.29) is 23.8 Å². The summed E-state index contributed by atoms with van der Waals surface area (Å²) in [7, 11) is 1.70. The second-order valence-electron chi connectivity index (χ2n) is 5.26. The summed E-state index contributed by atoms with van der Waals surface area (Å²) in [6.07, 6.45) is 5.30. The maximum absolute atomic E-state index is 12.0. The van der Waals surface area contributed by atoms with Crippen molar-refractivity contribution in [2.75, 3.05) is 13.6 Å². The Labute approximate surface area is 115 Å². The van der Waals surface area contributed by atoms with Crippen LogP contribution in [0.25, 0.3) is 0 Å². The van der Waals surface area contributed by atoms with Crippen molar-refractivity contribution in [3.05, 3.63) is 0 Å². The number of amides is 2. The standard InChI is InChI=1S/C14H25N3O2/c1-7-11(13(18)16-8-9(2)3)17-14(19)12(15-6)10(4)5/h1,9-12,15H,8H2,2-6H3,(H,16,18)(H,17,19)/t11-,12-/m0/s1. The second-order valence-corrected chi connectivity index (χ2v) is 5.26. The lowest BCUT2D eigenvalue weighted by Crippen LogP contribution is -2.53. The maximum Gasteiger partial charge on any atom is 0.255 e. The first-order valence-corrected chi connectivity index (χ1v) is 6.54. The van der Waals surface area contributed by atoms with E-state index >= 15 is 0 Å². The summed E-state index contributed by atoms with van der Waals surface area (Å²) in [6, 6.07) is -1.30. The molecule has 0 fully saturated rings. The van der Waals surface area contributed by atoms with Gasteiger partial charge < -0.3 is 16.0 Å². The van der Waals surface area contributed by atoms with Crippen molar-refractivity contribution < 1.29 is 9.59 Å². The Morgan fingerprint density at radius 1 is 1.16 bits per heavy atom. The van der Waals surface area contributed by atoms with E-state index in [4.69, 9.17) is 6.42 Å². The lowest BCUT2D eigenvalue weighted by molar-refractivity contribution is -0.129. The number of hydrogen-bond donors (Lipinski definition) is 3. The van der Waals surface area contributed by atoms with Gasteiger partial charge in [-0.2, -0.15) is 0 Å². The SMILES string of the molecule is C#C[C@H](NC(=O)[C@@H](NC)C(C)C)C(=O)NCC(C)C. The van der Waals surface area contributed by atoms with E-state index in [1.54, 1.807) is 7.05 Å². The minimum absolute atomic E-state index is 0.113. The van der Waals surface area contributed by atoms with E-state index in [0.717, 1.165) is 0 Å². The quantitative estimate of drug-likeness (QED) is 0.574. The van der Waals surface area contributed by atoms with E-state index in [2.05, 4.69) is 21.9 Å². The summed E-state index contributed by atoms with van der Waals surface area (Å²) in [5.41, 5.74) is 0. The van der Waals surface area contributed by atoms with Crippen LogP contribution in [-0.4, -0.2) is 37.5 Å². The van der Waals surface area contributed by atoms with Crippen LogP contribution in [0.2, 0.25) is 0 Å². The minimum atomic E-state index is -0.930. The first-order chi connectivity index (χ1) is 8.83. The van der Waals surface area contributed by atoms with Gasteiger partial charge in [-0.05, 0) is 18.9 Å². The number of likely N-dealkylation sites (N-methyl/N-ethyl adjacent to an activating group) is 1. The Kier molecular flexibility index (Phi) is 7.85. The van der Waals surface area contributed by atoms with Crippen LogP contribution in [0.4, 0.5) is 0 Å². The highest BCUT2D eigenvalue weighted by Gasteiger charge is 2.25. The highest BCUT2D eigenvalue weighted by molar-refractivity contribution is 5.91. The van der Waals surface area contributed by atoms with Crippen LogP contribution in [-0.2, 0) is 9.59 Å². The van der Waals surface area contributed by atoms with Gasteiger partial charge in [0.2, 0.25) is 5.91 Å². The van der Waals surface area contributed by atoms with Gasteiger partial charge in [0, 0.05) is 6.54 Å². The van der Waals surface area contributed by atoms with Crippen molar-refractivity contribution in [1.29, 1.82) is 0 Å². The molecule has 5 nitrogen and oxygen atoms in total. The normalized spacial score (nSPS) is 13.8. The highest BCUT2D eigenvalue weighted by atomic mass is 16.2. The first kappa shape index (κ1) is 17.5. The molecule has 0 rings (SSSR count). The predicted molar refractivity (Wildman–Crippen MR) is 76.3 cm³/mol. The molecule has 19 heavy (non-hydrogen) atoms. The summed E-state index contributed by atoms with van der Waals surface area (Å²) in [6.45, 7) is 8.35. The highest BCUT2D eigenvalue weighted by Crippen LogP contribution is 2.01. The van der Waals surface area contributed by atoms with Gasteiger partial charge in [-0.3, -0.25) is 9.59 Å². The third kappa shape index (κ3) is 6.25. The zero-order chi connectivity index (χ0) is 15.0. The smallest absolute Gasteiger partial charge is 0.255 e. The fourth-order valence-corrected chi connectivity index (χ4v) is 1.59. The molecule has 2 atom stereocenters. The van der Waals surface area contributed by atoms with Gasteiger partial charge in [0.1, 0.15) is 0 Å². The third-order valence-electron chi connectivity index (χ3n) is 2.66. The van der Waals surface area contributed by atoms with Gasteiger partial charge in [0.25, 0.3) is 5.91 Å². The van der Waals surface area contributed by atoms with Gasteiger partial charge in [0.05, 0.1) is 6.04 Å². The summed E-state index contributed by atoms with van der Waals surface area (Å²) in [4.78, 5) is 23.8. The molecule has 2 amide bonds. The fraction of sp³-hybridized carbons (Fsp3) is 0.714. The molecular formula is C14H25N3O2. The van der Waals surface area contributed by atoms with Crippen molar-refractivity contribution in [2.24, 2.45) is 11.8 Å². The number of rotatable bonds is 7. The van der Waals surface area contributed by atoms with Crippen LogP contribution in [0.5, 0.6) is 0 Å². The van der Waals surface area contributed by atoms with Gasteiger partial charge in [0.15, 0.2) is 6.04 Å². The summed E-state index contributed by atoms with van der Waals surface area (Å²) < 4.78 is 0. The molecule has 0 heterocycles. The molecule has 0 aromatic rings. The summed E-state index contributed by atoms with van der Waals surface area (Å²) in [5.74, 6) is 2.14. The second kappa shape index (κ2) is 8.54. The number of hydrogen-bond acceptors (Lipinski definition) is 3. The molecule has 0 bridgehead atoms. The molecule has 0 aromatic carbocycles. The Hall–Kier alpha value is -1.54.